The Hall–Kier alpha value is -0.300. The highest BCUT2D eigenvalue weighted by atomic mass is 32.2. The fourth-order valence-electron chi connectivity index (χ4n) is 2.30. The zero-order chi connectivity index (χ0) is 11.6. The van der Waals surface area contributed by atoms with E-state index in [1.807, 2.05) is 11.8 Å². The molecule has 16 heavy (non-hydrogen) atoms. The van der Waals surface area contributed by atoms with Gasteiger partial charge in [-0.15, -0.1) is 11.8 Å². The van der Waals surface area contributed by atoms with Crippen LogP contribution in [0.2, 0.25) is 0 Å². The van der Waals surface area contributed by atoms with Gasteiger partial charge in [0, 0.05) is 25.4 Å². The molecule has 1 atom stereocenters. The lowest BCUT2D eigenvalue weighted by Crippen LogP contribution is -2.54. The smallest absolute Gasteiger partial charge is 0.241 e. The van der Waals surface area contributed by atoms with Gasteiger partial charge in [-0.25, -0.2) is 0 Å². The number of amides is 1. The van der Waals surface area contributed by atoms with Crippen LogP contribution >= 0.6 is 11.8 Å². The zero-order valence-electron chi connectivity index (χ0n) is 9.32. The summed E-state index contributed by atoms with van der Waals surface area (Å²) in [6, 6.07) is -0.752. The molecule has 0 saturated carbocycles. The third-order valence-electron chi connectivity index (χ3n) is 3.32. The molecule has 0 aromatic heterocycles. The Kier molecular flexibility index (Phi) is 3.73. The molecule has 2 heterocycles. The molecule has 0 aromatic carbocycles. The van der Waals surface area contributed by atoms with Crippen molar-refractivity contribution in [1.82, 2.24) is 10.2 Å². The highest BCUT2D eigenvalue weighted by molar-refractivity contribution is 8.00. The molecule has 6 heteroatoms. The molecular weight excluding hydrogens is 226 g/mol. The normalized spacial score (nSPS) is 26.0. The molecule has 2 fully saturated rings. The van der Waals surface area contributed by atoms with Gasteiger partial charge in [-0.3, -0.25) is 4.79 Å². The lowest BCUT2D eigenvalue weighted by Gasteiger charge is -2.39. The monoisotopic (exact) mass is 245 g/mol. The number of aliphatic hydroxyl groups excluding tert-OH is 1. The average molecular weight is 245 g/mol. The van der Waals surface area contributed by atoms with E-state index in [1.54, 1.807) is 4.90 Å². The molecule has 0 unspecified atom stereocenters. The van der Waals surface area contributed by atoms with Crippen LogP contribution < -0.4 is 11.1 Å². The van der Waals surface area contributed by atoms with Gasteiger partial charge in [0.15, 0.2) is 0 Å². The van der Waals surface area contributed by atoms with Crippen LogP contribution in [0, 0.1) is 0 Å². The molecule has 0 bridgehead atoms. The number of piperidine rings is 1. The topological polar surface area (TPSA) is 78.6 Å². The predicted molar refractivity (Wildman–Crippen MR) is 64.1 cm³/mol. The minimum Gasteiger partial charge on any atom is -0.394 e. The highest BCUT2D eigenvalue weighted by Crippen LogP contribution is 2.36. The average Bonchev–Trinajstić information content (AvgIpc) is 2.77. The number of nitrogens with two attached hydrogens (primary N) is 1. The van der Waals surface area contributed by atoms with Crippen LogP contribution in [0.4, 0.5) is 0 Å². The molecule has 2 rings (SSSR count). The van der Waals surface area contributed by atoms with Gasteiger partial charge >= 0.3 is 0 Å². The van der Waals surface area contributed by atoms with Gasteiger partial charge in [-0.1, -0.05) is 0 Å². The molecule has 5 nitrogen and oxygen atoms in total. The zero-order valence-corrected chi connectivity index (χ0v) is 10.1. The van der Waals surface area contributed by atoms with Crippen LogP contribution in [0.15, 0.2) is 0 Å². The van der Waals surface area contributed by atoms with E-state index < -0.39 is 6.04 Å². The fourth-order valence-corrected chi connectivity index (χ4v) is 3.57. The molecule has 2 aliphatic rings. The Balaban J connectivity index is 1.87. The minimum atomic E-state index is -0.752. The quantitative estimate of drug-likeness (QED) is 0.579. The first kappa shape index (κ1) is 12.2. The van der Waals surface area contributed by atoms with Crippen molar-refractivity contribution in [3.63, 3.8) is 0 Å². The number of nitrogens with zero attached hydrogens (tertiary/aromatic N) is 1. The van der Waals surface area contributed by atoms with E-state index in [-0.39, 0.29) is 17.4 Å². The second kappa shape index (κ2) is 4.91. The van der Waals surface area contributed by atoms with Crippen molar-refractivity contribution in [1.29, 1.82) is 0 Å². The lowest BCUT2D eigenvalue weighted by atomic mass is 10.0. The summed E-state index contributed by atoms with van der Waals surface area (Å²) in [6.45, 7) is 2.28. The van der Waals surface area contributed by atoms with E-state index >= 15 is 0 Å². The van der Waals surface area contributed by atoms with E-state index in [0.717, 1.165) is 38.2 Å². The SMILES string of the molecule is N[C@@H](CO)C(=O)N1CCC2(CC1)NCCS2. The maximum Gasteiger partial charge on any atom is 0.241 e. The van der Waals surface area contributed by atoms with Gasteiger partial charge < -0.3 is 21.1 Å². The van der Waals surface area contributed by atoms with Crippen LogP contribution in [-0.4, -0.2) is 58.8 Å². The maximum absolute atomic E-state index is 11.7. The first-order chi connectivity index (χ1) is 7.67. The van der Waals surface area contributed by atoms with Crippen molar-refractivity contribution < 1.29 is 9.90 Å². The van der Waals surface area contributed by atoms with Crippen LogP contribution in [0.5, 0.6) is 0 Å². The standard InChI is InChI=1S/C10H19N3O2S/c11-8(7-14)9(15)13-4-1-10(2-5-13)12-3-6-16-10/h8,12,14H,1-7,11H2/t8-/m0/s1. The van der Waals surface area contributed by atoms with Crippen LogP contribution in [0.25, 0.3) is 0 Å². The second-order valence-electron chi connectivity index (χ2n) is 4.38. The van der Waals surface area contributed by atoms with Gasteiger partial charge in [0.1, 0.15) is 6.04 Å². The summed E-state index contributed by atoms with van der Waals surface area (Å²) >= 11 is 1.96. The third-order valence-corrected chi connectivity index (χ3v) is 4.84. The molecule has 0 aromatic rings. The summed E-state index contributed by atoms with van der Waals surface area (Å²) < 4.78 is 0. The number of carbonyl (C=O) groups is 1. The molecule has 4 N–H and O–H groups in total. The second-order valence-corrected chi connectivity index (χ2v) is 5.86. The van der Waals surface area contributed by atoms with Gasteiger partial charge in [-0.05, 0) is 12.8 Å². The Morgan fingerprint density at radius 2 is 2.25 bits per heavy atom. The number of nitrogens with one attached hydrogen (secondary N) is 1. The van der Waals surface area contributed by atoms with Crippen LogP contribution in [0.1, 0.15) is 12.8 Å². The summed E-state index contributed by atoms with van der Waals surface area (Å²) in [5.74, 6) is 1.03. The Morgan fingerprint density at radius 3 is 2.75 bits per heavy atom. The number of hydrogen-bond donors (Lipinski definition) is 3. The van der Waals surface area contributed by atoms with Crippen molar-refractivity contribution in [2.24, 2.45) is 5.73 Å². The summed E-state index contributed by atoms with van der Waals surface area (Å²) in [7, 11) is 0. The number of hydrogen-bond acceptors (Lipinski definition) is 5. The van der Waals surface area contributed by atoms with Gasteiger partial charge in [0.25, 0.3) is 0 Å². The first-order valence-electron chi connectivity index (χ1n) is 5.71. The molecule has 2 saturated heterocycles. The number of rotatable bonds is 2. The molecule has 1 amide bonds. The molecule has 1 spiro atoms. The maximum atomic E-state index is 11.7. The molecule has 0 radical (unpaired) electrons. The largest absolute Gasteiger partial charge is 0.394 e. The van der Waals surface area contributed by atoms with Crippen molar-refractivity contribution in [3.8, 4) is 0 Å². The van der Waals surface area contributed by atoms with Gasteiger partial charge in [0.2, 0.25) is 5.91 Å². The van der Waals surface area contributed by atoms with E-state index in [0.29, 0.717) is 0 Å². The highest BCUT2D eigenvalue weighted by Gasteiger charge is 2.39. The minimum absolute atomic E-state index is 0.125. The van der Waals surface area contributed by atoms with Crippen molar-refractivity contribution in [3.05, 3.63) is 0 Å². The van der Waals surface area contributed by atoms with Crippen molar-refractivity contribution in [2.75, 3.05) is 32.0 Å². The molecular formula is C10H19N3O2S. The number of likely N-dealkylation sites (tertiary alicyclic amines) is 1. The van der Waals surface area contributed by atoms with Gasteiger partial charge in [-0.2, -0.15) is 0 Å². The molecule has 92 valence electrons. The van der Waals surface area contributed by atoms with E-state index in [2.05, 4.69) is 5.32 Å². The summed E-state index contributed by atoms with van der Waals surface area (Å²) in [4.78, 5) is 13.7. The first-order valence-corrected chi connectivity index (χ1v) is 6.70. The van der Waals surface area contributed by atoms with E-state index in [9.17, 15) is 4.79 Å². The fraction of sp³-hybridized carbons (Fsp3) is 0.900. The summed E-state index contributed by atoms with van der Waals surface area (Å²) in [6.07, 6.45) is 1.95. The summed E-state index contributed by atoms with van der Waals surface area (Å²) in [5, 5.41) is 12.4. The molecule has 0 aliphatic carbocycles. The van der Waals surface area contributed by atoms with Crippen LogP contribution in [-0.2, 0) is 4.79 Å². The Morgan fingerprint density at radius 1 is 1.56 bits per heavy atom. The number of thioether (sulfide) groups is 1. The Labute approximate surface area is 99.7 Å². The number of carbonyl (C=O) groups excluding carboxylic acids is 1. The third kappa shape index (κ3) is 2.34. The van der Waals surface area contributed by atoms with Crippen LogP contribution in [0.3, 0.4) is 0 Å². The lowest BCUT2D eigenvalue weighted by molar-refractivity contribution is -0.134. The van der Waals surface area contributed by atoms with E-state index in [4.69, 9.17) is 10.8 Å². The molecule has 2 aliphatic heterocycles. The van der Waals surface area contributed by atoms with Gasteiger partial charge in [0.05, 0.1) is 11.5 Å². The van der Waals surface area contributed by atoms with E-state index in [1.165, 1.54) is 0 Å². The van der Waals surface area contributed by atoms with Crippen molar-refractivity contribution >= 4 is 17.7 Å². The Bertz CT molecular complexity index is 259. The predicted octanol–water partition coefficient (Wildman–Crippen LogP) is -1.04. The summed E-state index contributed by atoms with van der Waals surface area (Å²) in [5.41, 5.74) is 5.53. The van der Waals surface area contributed by atoms with Crippen molar-refractivity contribution in [2.45, 2.75) is 23.8 Å². The number of aliphatic hydroxyl groups is 1.